The summed E-state index contributed by atoms with van der Waals surface area (Å²) in [6.07, 6.45) is 0. The van der Waals surface area contributed by atoms with Gasteiger partial charge in [-0.1, -0.05) is 0 Å². The van der Waals surface area contributed by atoms with Crippen LogP contribution in [0.2, 0.25) is 0 Å². The average Bonchev–Trinajstić information content (AvgIpc) is 2.30. The van der Waals surface area contributed by atoms with Crippen LogP contribution in [-0.2, 0) is 4.74 Å². The Balaban J connectivity index is 3.10. The van der Waals surface area contributed by atoms with Crippen molar-refractivity contribution in [3.05, 3.63) is 15.4 Å². The number of thiophene rings is 1. The summed E-state index contributed by atoms with van der Waals surface area (Å²) in [5.74, 6) is -0.407. The molecule has 11 heavy (non-hydrogen) atoms. The van der Waals surface area contributed by atoms with Crippen LogP contribution in [0.15, 0.2) is 9.85 Å². The molecule has 0 aliphatic carbocycles. The van der Waals surface area contributed by atoms with Gasteiger partial charge in [0, 0.05) is 9.85 Å². The van der Waals surface area contributed by atoms with Crippen LogP contribution in [0.4, 0.5) is 5.00 Å². The zero-order chi connectivity index (χ0) is 8.43. The van der Waals surface area contributed by atoms with Crippen molar-refractivity contribution in [2.24, 2.45) is 0 Å². The molecule has 0 aliphatic rings. The van der Waals surface area contributed by atoms with Gasteiger partial charge in [0.2, 0.25) is 0 Å². The molecule has 0 saturated heterocycles. The molecule has 1 heterocycles. The summed E-state index contributed by atoms with van der Waals surface area (Å²) in [4.78, 5) is 11.0. The van der Waals surface area contributed by atoms with E-state index in [9.17, 15) is 4.79 Å². The van der Waals surface area contributed by atoms with Crippen LogP contribution < -0.4 is 5.73 Å². The highest BCUT2D eigenvalue weighted by atomic mass is 79.9. The van der Waals surface area contributed by atoms with Crippen LogP contribution >= 0.6 is 27.3 Å². The van der Waals surface area contributed by atoms with E-state index < -0.39 is 5.97 Å². The second-order valence-electron chi connectivity index (χ2n) is 1.81. The summed E-state index contributed by atoms with van der Waals surface area (Å²) >= 11 is 4.49. The van der Waals surface area contributed by atoms with Gasteiger partial charge in [0.15, 0.2) is 0 Å². The Labute approximate surface area is 76.3 Å². The minimum Gasteiger partial charge on any atom is -0.465 e. The molecule has 60 valence electrons. The molecular formula is C6H6BrNO2S. The molecule has 1 aromatic heterocycles. The third-order valence-electron chi connectivity index (χ3n) is 1.16. The third kappa shape index (κ3) is 1.54. The fourth-order valence-electron chi connectivity index (χ4n) is 0.651. The molecule has 0 amide bonds. The summed E-state index contributed by atoms with van der Waals surface area (Å²) in [5, 5.41) is 2.23. The van der Waals surface area contributed by atoms with Crippen molar-refractivity contribution in [2.75, 3.05) is 12.8 Å². The smallest absolute Gasteiger partial charge is 0.342 e. The number of hydrogen-bond donors (Lipinski definition) is 1. The monoisotopic (exact) mass is 235 g/mol. The van der Waals surface area contributed by atoms with Crippen molar-refractivity contribution in [2.45, 2.75) is 0 Å². The summed E-state index contributed by atoms with van der Waals surface area (Å²) in [7, 11) is 1.33. The van der Waals surface area contributed by atoms with Crippen molar-refractivity contribution in [3.8, 4) is 0 Å². The number of rotatable bonds is 1. The summed E-state index contributed by atoms with van der Waals surface area (Å²) in [6.45, 7) is 0. The SMILES string of the molecule is COC(=O)c1c(Br)csc1N. The molecule has 0 aromatic carbocycles. The molecule has 0 radical (unpaired) electrons. The number of hydrogen-bond acceptors (Lipinski definition) is 4. The summed E-state index contributed by atoms with van der Waals surface area (Å²) < 4.78 is 5.20. The van der Waals surface area contributed by atoms with E-state index in [1.807, 2.05) is 0 Å². The van der Waals surface area contributed by atoms with Crippen molar-refractivity contribution in [1.29, 1.82) is 0 Å². The molecule has 0 atom stereocenters. The van der Waals surface area contributed by atoms with Gasteiger partial charge in [-0.3, -0.25) is 0 Å². The van der Waals surface area contributed by atoms with Crippen LogP contribution in [0, 0.1) is 0 Å². The standard InChI is InChI=1S/C6H6BrNO2S/c1-10-6(9)4-3(7)2-11-5(4)8/h2H,8H2,1H3. The molecule has 0 bridgehead atoms. The number of nitrogens with two attached hydrogens (primary N) is 1. The van der Waals surface area contributed by atoms with Gasteiger partial charge in [-0.05, 0) is 15.9 Å². The maximum atomic E-state index is 11.0. The Morgan fingerprint density at radius 1 is 1.82 bits per heavy atom. The van der Waals surface area contributed by atoms with Crippen LogP contribution in [-0.4, -0.2) is 13.1 Å². The van der Waals surface area contributed by atoms with E-state index >= 15 is 0 Å². The maximum Gasteiger partial charge on any atom is 0.342 e. The first kappa shape index (κ1) is 8.55. The lowest BCUT2D eigenvalue weighted by Gasteiger charge is -1.96. The highest BCUT2D eigenvalue weighted by molar-refractivity contribution is 9.10. The number of methoxy groups -OCH3 is 1. The highest BCUT2D eigenvalue weighted by Gasteiger charge is 2.15. The minimum absolute atomic E-state index is 0.407. The molecule has 1 rings (SSSR count). The Kier molecular flexibility index (Phi) is 2.51. The van der Waals surface area contributed by atoms with Gasteiger partial charge in [0.1, 0.15) is 10.6 Å². The first-order valence-corrected chi connectivity index (χ1v) is 4.45. The van der Waals surface area contributed by atoms with Crippen molar-refractivity contribution >= 4 is 38.2 Å². The Hall–Kier alpha value is -0.550. The first-order chi connectivity index (χ1) is 5.16. The maximum absolute atomic E-state index is 11.0. The molecule has 1 aromatic rings. The molecule has 2 N–H and O–H groups in total. The Morgan fingerprint density at radius 2 is 2.45 bits per heavy atom. The molecule has 0 saturated carbocycles. The highest BCUT2D eigenvalue weighted by Crippen LogP contribution is 2.29. The predicted molar refractivity (Wildman–Crippen MR) is 47.8 cm³/mol. The van der Waals surface area contributed by atoms with E-state index in [-0.39, 0.29) is 0 Å². The number of carbonyl (C=O) groups is 1. The first-order valence-electron chi connectivity index (χ1n) is 2.77. The summed E-state index contributed by atoms with van der Waals surface area (Å²) in [5.41, 5.74) is 5.92. The van der Waals surface area contributed by atoms with Crippen LogP contribution in [0.5, 0.6) is 0 Å². The second kappa shape index (κ2) is 3.23. The lowest BCUT2D eigenvalue weighted by molar-refractivity contribution is 0.0601. The average molecular weight is 236 g/mol. The van der Waals surface area contributed by atoms with Crippen molar-refractivity contribution in [3.63, 3.8) is 0 Å². The van der Waals surface area contributed by atoms with Crippen LogP contribution in [0.3, 0.4) is 0 Å². The van der Waals surface area contributed by atoms with Crippen LogP contribution in [0.1, 0.15) is 10.4 Å². The van der Waals surface area contributed by atoms with Gasteiger partial charge >= 0.3 is 5.97 Å². The molecule has 0 unspecified atom stereocenters. The largest absolute Gasteiger partial charge is 0.465 e. The normalized spacial score (nSPS) is 9.64. The van der Waals surface area contributed by atoms with Crippen molar-refractivity contribution < 1.29 is 9.53 Å². The fraction of sp³-hybridized carbons (Fsp3) is 0.167. The van der Waals surface area contributed by atoms with E-state index in [0.717, 1.165) is 0 Å². The number of nitrogen functional groups attached to an aromatic ring is 1. The number of ether oxygens (including phenoxy) is 1. The number of anilines is 1. The van der Waals surface area contributed by atoms with Gasteiger partial charge < -0.3 is 10.5 Å². The van der Waals surface area contributed by atoms with Gasteiger partial charge in [0.25, 0.3) is 0 Å². The minimum atomic E-state index is -0.407. The van der Waals surface area contributed by atoms with Gasteiger partial charge in [-0.2, -0.15) is 0 Å². The third-order valence-corrected chi connectivity index (χ3v) is 2.90. The van der Waals surface area contributed by atoms with E-state index in [2.05, 4.69) is 20.7 Å². The molecular weight excluding hydrogens is 230 g/mol. The van der Waals surface area contributed by atoms with E-state index in [4.69, 9.17) is 5.73 Å². The zero-order valence-electron chi connectivity index (χ0n) is 5.76. The second-order valence-corrected chi connectivity index (χ2v) is 3.58. The fourth-order valence-corrected chi connectivity index (χ4v) is 2.10. The quantitative estimate of drug-likeness (QED) is 0.757. The van der Waals surface area contributed by atoms with Gasteiger partial charge in [0.05, 0.1) is 7.11 Å². The number of carbonyl (C=O) groups excluding carboxylic acids is 1. The van der Waals surface area contributed by atoms with Crippen LogP contribution in [0.25, 0.3) is 0 Å². The molecule has 5 heteroatoms. The zero-order valence-corrected chi connectivity index (χ0v) is 8.16. The van der Waals surface area contributed by atoms with Crippen molar-refractivity contribution in [1.82, 2.24) is 0 Å². The molecule has 3 nitrogen and oxygen atoms in total. The number of halogens is 1. The van der Waals surface area contributed by atoms with Gasteiger partial charge in [-0.25, -0.2) is 4.79 Å². The number of esters is 1. The molecule has 0 spiro atoms. The Bertz CT molecular complexity index is 265. The molecule has 0 fully saturated rings. The molecule has 0 aliphatic heterocycles. The lowest BCUT2D eigenvalue weighted by Crippen LogP contribution is -2.02. The predicted octanol–water partition coefficient (Wildman–Crippen LogP) is 1.88. The van der Waals surface area contributed by atoms with E-state index in [1.165, 1.54) is 18.4 Å². The summed E-state index contributed by atoms with van der Waals surface area (Å²) in [6, 6.07) is 0. The lowest BCUT2D eigenvalue weighted by atomic mass is 10.3. The Morgan fingerprint density at radius 3 is 2.82 bits per heavy atom. The van der Waals surface area contributed by atoms with E-state index in [0.29, 0.717) is 15.0 Å². The van der Waals surface area contributed by atoms with Gasteiger partial charge in [-0.15, -0.1) is 11.3 Å². The topological polar surface area (TPSA) is 52.3 Å². The van der Waals surface area contributed by atoms with E-state index in [1.54, 1.807) is 5.38 Å².